The maximum Gasteiger partial charge on any atom is 0.569 e. The smallest absolute Gasteiger partial charge is 0.535 e. The fourth-order valence-electron chi connectivity index (χ4n) is 3.58. The predicted molar refractivity (Wildman–Crippen MR) is 118 cm³/mol. The molecule has 167 valence electrons. The molecular weight excluding hydrogens is 383 g/mol. The van der Waals surface area contributed by atoms with Crippen LogP contribution >= 0.6 is 0 Å². The minimum atomic E-state index is -0.966. The second kappa shape index (κ2) is 9.56. The van der Waals surface area contributed by atoms with Crippen molar-refractivity contribution < 1.29 is 23.9 Å². The summed E-state index contributed by atoms with van der Waals surface area (Å²) in [7, 11) is 0.638. The molecule has 0 bridgehead atoms. The number of nitrogens with zero attached hydrogens (tertiary/aromatic N) is 2. The van der Waals surface area contributed by atoms with E-state index in [-0.39, 0.29) is 11.5 Å². The van der Waals surface area contributed by atoms with Gasteiger partial charge in [0, 0.05) is 24.3 Å². The van der Waals surface area contributed by atoms with E-state index in [1.165, 1.54) is 0 Å². The number of piperidine rings is 1. The quantitative estimate of drug-likeness (QED) is 0.533. The molecule has 0 aliphatic carbocycles. The third-order valence-electron chi connectivity index (χ3n) is 5.17. The van der Waals surface area contributed by atoms with Gasteiger partial charge in [-0.1, -0.05) is 13.8 Å². The Hall–Kier alpha value is -1.80. The SMILES string of the molecule is Cc1ncc(O[B]O)c(N2CCC(C)(C)CC2)c1[C@H](OC(C)(C)C)C(=O)OC(C)C. The first-order chi connectivity index (χ1) is 13.8. The summed E-state index contributed by atoms with van der Waals surface area (Å²) in [5.74, 6) is -0.0776. The highest BCUT2D eigenvalue weighted by atomic mass is 16.6. The number of ether oxygens (including phenoxy) is 2. The highest BCUT2D eigenvalue weighted by Crippen LogP contribution is 2.43. The molecule has 1 N–H and O–H groups in total. The number of aromatic nitrogens is 1. The van der Waals surface area contributed by atoms with Crippen molar-refractivity contribution >= 4 is 19.3 Å². The fraction of sp³-hybridized carbons (Fsp3) is 0.727. The highest BCUT2D eigenvalue weighted by Gasteiger charge is 2.37. The Balaban J connectivity index is 2.61. The van der Waals surface area contributed by atoms with Crippen LogP contribution < -0.4 is 9.55 Å². The molecule has 0 spiro atoms. The molecule has 1 aliphatic heterocycles. The summed E-state index contributed by atoms with van der Waals surface area (Å²) in [5.41, 5.74) is 1.66. The molecule has 2 heterocycles. The lowest BCUT2D eigenvalue weighted by Crippen LogP contribution is -2.39. The van der Waals surface area contributed by atoms with Gasteiger partial charge < -0.3 is 24.1 Å². The first-order valence-corrected chi connectivity index (χ1v) is 10.6. The molecule has 1 aromatic heterocycles. The van der Waals surface area contributed by atoms with Crippen LogP contribution in [-0.2, 0) is 14.3 Å². The molecule has 1 radical (unpaired) electrons. The summed E-state index contributed by atoms with van der Waals surface area (Å²) in [4.78, 5) is 19.7. The number of hydrogen-bond donors (Lipinski definition) is 1. The predicted octanol–water partition coefficient (Wildman–Crippen LogP) is 3.73. The van der Waals surface area contributed by atoms with Crippen molar-refractivity contribution in [1.82, 2.24) is 4.98 Å². The van der Waals surface area contributed by atoms with Crippen molar-refractivity contribution in [2.75, 3.05) is 18.0 Å². The normalized spacial score (nSPS) is 17.6. The summed E-state index contributed by atoms with van der Waals surface area (Å²) in [6.07, 6.45) is 2.32. The van der Waals surface area contributed by atoms with Crippen molar-refractivity contribution in [1.29, 1.82) is 0 Å². The average molecular weight is 419 g/mol. The Kier molecular flexibility index (Phi) is 7.80. The zero-order valence-corrected chi connectivity index (χ0v) is 19.6. The highest BCUT2D eigenvalue weighted by molar-refractivity contribution is 6.17. The molecule has 30 heavy (non-hydrogen) atoms. The second-order valence-electron chi connectivity index (χ2n) is 9.94. The molecule has 8 heteroatoms. The number of carbonyl (C=O) groups is 1. The molecule has 0 amide bonds. The first-order valence-electron chi connectivity index (χ1n) is 10.6. The van der Waals surface area contributed by atoms with Gasteiger partial charge in [-0.05, 0) is 59.8 Å². The summed E-state index contributed by atoms with van der Waals surface area (Å²) in [6, 6.07) is 0. The lowest BCUT2D eigenvalue weighted by atomic mass is 9.82. The van der Waals surface area contributed by atoms with Gasteiger partial charge in [0.1, 0.15) is 5.75 Å². The van der Waals surface area contributed by atoms with Crippen LogP contribution in [0.1, 0.15) is 78.7 Å². The zero-order valence-electron chi connectivity index (χ0n) is 19.6. The van der Waals surface area contributed by atoms with E-state index >= 15 is 0 Å². The standard InChI is InChI=1S/C22H36BN2O5/c1-14(2)28-20(26)19(29-21(4,5)6)17-15(3)24-13-16(30-23-27)18(17)25-11-9-22(7,8)10-12-25/h13-14,19,27H,9-12H2,1-8H3/t19-/m0/s1. The van der Waals surface area contributed by atoms with E-state index < -0.39 is 17.7 Å². The minimum absolute atomic E-state index is 0.251. The van der Waals surface area contributed by atoms with Gasteiger partial charge >= 0.3 is 13.7 Å². The molecule has 1 fully saturated rings. The topological polar surface area (TPSA) is 81.1 Å². The lowest BCUT2D eigenvalue weighted by Gasteiger charge is -2.40. The van der Waals surface area contributed by atoms with Crippen LogP contribution in [0.4, 0.5) is 5.69 Å². The Labute approximate surface area is 181 Å². The maximum atomic E-state index is 13.1. The van der Waals surface area contributed by atoms with Crippen molar-refractivity contribution in [3.63, 3.8) is 0 Å². The van der Waals surface area contributed by atoms with Crippen molar-refractivity contribution in [3.05, 3.63) is 17.5 Å². The number of pyridine rings is 1. The molecule has 1 aromatic rings. The number of carbonyl (C=O) groups excluding carboxylic acids is 1. The van der Waals surface area contributed by atoms with Crippen LogP contribution in [0.15, 0.2) is 6.20 Å². The maximum absolute atomic E-state index is 13.1. The number of rotatable bonds is 7. The second-order valence-corrected chi connectivity index (χ2v) is 9.94. The van der Waals surface area contributed by atoms with Crippen LogP contribution in [0, 0.1) is 12.3 Å². The third-order valence-corrected chi connectivity index (χ3v) is 5.17. The molecule has 1 saturated heterocycles. The van der Waals surface area contributed by atoms with Gasteiger partial charge in [-0.3, -0.25) is 4.98 Å². The van der Waals surface area contributed by atoms with Crippen LogP contribution in [-0.4, -0.2) is 48.5 Å². The van der Waals surface area contributed by atoms with Gasteiger partial charge in [0.15, 0.2) is 6.10 Å². The first kappa shape index (κ1) is 24.5. The van der Waals surface area contributed by atoms with Gasteiger partial charge in [0.25, 0.3) is 0 Å². The number of hydrogen-bond acceptors (Lipinski definition) is 7. The van der Waals surface area contributed by atoms with E-state index in [2.05, 4.69) is 23.7 Å². The molecule has 0 aromatic carbocycles. The molecule has 1 atom stereocenters. The van der Waals surface area contributed by atoms with E-state index in [0.717, 1.165) is 31.6 Å². The van der Waals surface area contributed by atoms with E-state index in [1.807, 2.05) is 41.5 Å². The lowest BCUT2D eigenvalue weighted by molar-refractivity contribution is -0.171. The van der Waals surface area contributed by atoms with Gasteiger partial charge in [-0.2, -0.15) is 0 Å². The Morgan fingerprint density at radius 2 is 1.87 bits per heavy atom. The molecule has 0 saturated carbocycles. The van der Waals surface area contributed by atoms with Gasteiger partial charge in [0.2, 0.25) is 0 Å². The summed E-state index contributed by atoms with van der Waals surface area (Å²) in [6.45, 7) is 17.3. The largest absolute Gasteiger partial charge is 0.569 e. The summed E-state index contributed by atoms with van der Waals surface area (Å²) in [5, 5.41) is 9.32. The molecule has 1 aliphatic rings. The minimum Gasteiger partial charge on any atom is -0.535 e. The monoisotopic (exact) mass is 419 g/mol. The molecular formula is C22H36BN2O5. The van der Waals surface area contributed by atoms with E-state index in [0.29, 0.717) is 24.7 Å². The summed E-state index contributed by atoms with van der Waals surface area (Å²) < 4.78 is 17.1. The van der Waals surface area contributed by atoms with Crippen LogP contribution in [0.25, 0.3) is 0 Å². The zero-order chi connectivity index (χ0) is 22.7. The molecule has 7 nitrogen and oxygen atoms in total. The third kappa shape index (κ3) is 6.35. The Bertz CT molecular complexity index is 736. The van der Waals surface area contributed by atoms with E-state index in [4.69, 9.17) is 14.1 Å². The Morgan fingerprint density at radius 1 is 1.27 bits per heavy atom. The van der Waals surface area contributed by atoms with Crippen molar-refractivity contribution in [2.45, 2.75) is 86.0 Å². The number of anilines is 1. The van der Waals surface area contributed by atoms with Gasteiger partial charge in [-0.25, -0.2) is 4.79 Å². The average Bonchev–Trinajstić information content (AvgIpc) is 2.60. The molecule has 0 unspecified atom stereocenters. The van der Waals surface area contributed by atoms with E-state index in [9.17, 15) is 9.82 Å². The van der Waals surface area contributed by atoms with Crippen LogP contribution in [0.3, 0.4) is 0 Å². The Morgan fingerprint density at radius 3 is 2.37 bits per heavy atom. The van der Waals surface area contributed by atoms with Crippen molar-refractivity contribution in [2.24, 2.45) is 5.41 Å². The molecule has 2 rings (SSSR count). The van der Waals surface area contributed by atoms with Gasteiger partial charge in [-0.15, -0.1) is 0 Å². The van der Waals surface area contributed by atoms with E-state index in [1.54, 1.807) is 6.20 Å². The van der Waals surface area contributed by atoms with Gasteiger partial charge in [0.05, 0.1) is 23.6 Å². The fourth-order valence-corrected chi connectivity index (χ4v) is 3.58. The number of aryl methyl sites for hydroxylation is 1. The van der Waals surface area contributed by atoms with Crippen LogP contribution in [0.5, 0.6) is 5.75 Å². The summed E-state index contributed by atoms with van der Waals surface area (Å²) >= 11 is 0. The van der Waals surface area contributed by atoms with Crippen molar-refractivity contribution in [3.8, 4) is 5.75 Å². The number of esters is 1. The van der Waals surface area contributed by atoms with Crippen LogP contribution in [0.2, 0.25) is 0 Å².